The molecule has 0 fully saturated rings. The summed E-state index contributed by atoms with van der Waals surface area (Å²) in [7, 11) is 5.87. The molecule has 0 aromatic heterocycles. The van der Waals surface area contributed by atoms with Gasteiger partial charge in [0, 0.05) is 51.6 Å². The average Bonchev–Trinajstić information content (AvgIpc) is 2.94. The number of Topliss-reactive ketones (excluding diaryl/α,β-unsaturated/α-hetero) is 1. The van der Waals surface area contributed by atoms with Crippen LogP contribution >= 0.6 is 0 Å². The topological polar surface area (TPSA) is 173 Å². The zero-order valence-electron chi connectivity index (χ0n) is 25.1. The van der Waals surface area contributed by atoms with Crippen LogP contribution in [0.1, 0.15) is 27.2 Å². The van der Waals surface area contributed by atoms with Crippen molar-refractivity contribution in [2.75, 3.05) is 35.0 Å². The molecule has 0 spiro atoms. The standard InChI is InChI=1S/C30H42N2O10/c1-16-9-8-10-23(38-4)28(42-30(31)37)19(15-33)11-17(2)27(41-7)24(39-5)12-18(3)26(40-6)21-13-20(34)14-22(25(21)35)32-29(16)36/h8-11,13-14,17-18,23-24,26-28,33H,12,15H2,1-7H3,(H2,31,37)(H,32,36)/b10-8-,16-9+,19-11+/t17-,18-,23-,24-,26+,27+,28-/m0/s1. The molecule has 232 valence electrons. The normalized spacial score (nSPS) is 33.3. The summed E-state index contributed by atoms with van der Waals surface area (Å²) in [6.07, 6.45) is 3.88. The lowest BCUT2D eigenvalue weighted by atomic mass is 9.84. The van der Waals surface area contributed by atoms with Crippen LogP contribution in [0.25, 0.3) is 0 Å². The fraction of sp³-hybridized carbons (Fsp3) is 0.533. The minimum atomic E-state index is -1.10. The van der Waals surface area contributed by atoms with Gasteiger partial charge < -0.3 is 39.8 Å². The van der Waals surface area contributed by atoms with Gasteiger partial charge >= 0.3 is 6.09 Å². The summed E-state index contributed by atoms with van der Waals surface area (Å²) in [4.78, 5) is 50.7. The molecule has 0 unspecified atom stereocenters. The van der Waals surface area contributed by atoms with Crippen LogP contribution in [0, 0.1) is 11.8 Å². The number of rotatable bonds is 6. The van der Waals surface area contributed by atoms with Crippen LogP contribution in [-0.4, -0.2) is 94.2 Å². The number of methoxy groups -OCH3 is 4. The highest BCUT2D eigenvalue weighted by Crippen LogP contribution is 2.30. The highest BCUT2D eigenvalue weighted by atomic mass is 16.6. The molecule has 2 rings (SSSR count). The van der Waals surface area contributed by atoms with Gasteiger partial charge in [-0.25, -0.2) is 4.79 Å². The van der Waals surface area contributed by atoms with Crippen molar-refractivity contribution in [1.29, 1.82) is 0 Å². The molecule has 7 atom stereocenters. The Hall–Kier alpha value is -3.42. The Bertz CT molecular complexity index is 1170. The second-order valence-corrected chi connectivity index (χ2v) is 10.2. The number of ether oxygens (including phenoxy) is 5. The predicted molar refractivity (Wildman–Crippen MR) is 153 cm³/mol. The number of nitrogens with one attached hydrogen (secondary N) is 1. The predicted octanol–water partition coefficient (Wildman–Crippen LogP) is 1.69. The third kappa shape index (κ3) is 8.79. The smallest absolute Gasteiger partial charge is 0.405 e. The Balaban J connectivity index is 2.70. The second kappa shape index (κ2) is 16.3. The Morgan fingerprint density at radius 3 is 2.26 bits per heavy atom. The van der Waals surface area contributed by atoms with Crippen LogP contribution in [0.5, 0.6) is 0 Å². The first kappa shape index (κ1) is 34.8. The van der Waals surface area contributed by atoms with Crippen molar-refractivity contribution in [3.63, 3.8) is 0 Å². The molecule has 1 heterocycles. The summed E-state index contributed by atoms with van der Waals surface area (Å²) in [5, 5.41) is 12.8. The lowest BCUT2D eigenvalue weighted by Crippen LogP contribution is -2.41. The third-order valence-corrected chi connectivity index (χ3v) is 7.32. The molecule has 0 saturated heterocycles. The van der Waals surface area contributed by atoms with E-state index in [9.17, 15) is 24.3 Å². The molecule has 0 saturated carbocycles. The molecule has 1 aliphatic carbocycles. The number of primary amides is 1. The van der Waals surface area contributed by atoms with Gasteiger partial charge in [0.1, 0.15) is 6.10 Å². The first-order valence-corrected chi connectivity index (χ1v) is 13.5. The fourth-order valence-electron chi connectivity index (χ4n) is 5.21. The zero-order valence-corrected chi connectivity index (χ0v) is 25.1. The van der Waals surface area contributed by atoms with E-state index < -0.39 is 60.7 Å². The Morgan fingerprint density at radius 2 is 1.71 bits per heavy atom. The lowest BCUT2D eigenvalue weighted by molar-refractivity contribution is -0.120. The highest BCUT2D eigenvalue weighted by molar-refractivity contribution is 6.22. The van der Waals surface area contributed by atoms with Crippen molar-refractivity contribution in [1.82, 2.24) is 5.32 Å². The third-order valence-electron chi connectivity index (χ3n) is 7.32. The van der Waals surface area contributed by atoms with E-state index in [1.165, 1.54) is 59.7 Å². The van der Waals surface area contributed by atoms with Gasteiger partial charge in [-0.15, -0.1) is 0 Å². The SMILES string of the molecule is CO[C@H]1[C@@H](OC)C[C@H](C)[C@@H](OC)C2=CC(=O)C=C(NC(=O)/C(C)=C/C=C\[C@H](OC)[C@@H](OC(N)=O)/C(CO)=C/[C@@H]1C)C2=O. The van der Waals surface area contributed by atoms with Gasteiger partial charge in [-0.3, -0.25) is 14.4 Å². The average molecular weight is 591 g/mol. The molecule has 0 aromatic rings. The second-order valence-electron chi connectivity index (χ2n) is 10.2. The number of aliphatic hydroxyl groups excluding tert-OH is 1. The van der Waals surface area contributed by atoms with E-state index in [0.717, 1.165) is 6.08 Å². The van der Waals surface area contributed by atoms with Crippen molar-refractivity contribution in [2.24, 2.45) is 17.6 Å². The molecule has 4 N–H and O–H groups in total. The van der Waals surface area contributed by atoms with E-state index in [0.29, 0.717) is 12.0 Å². The van der Waals surface area contributed by atoms with Crippen LogP contribution in [0.2, 0.25) is 0 Å². The van der Waals surface area contributed by atoms with Gasteiger partial charge in [-0.05, 0) is 30.9 Å². The Morgan fingerprint density at radius 1 is 1.02 bits per heavy atom. The maximum atomic E-state index is 13.4. The van der Waals surface area contributed by atoms with Gasteiger partial charge in [0.2, 0.25) is 5.78 Å². The van der Waals surface area contributed by atoms with Crippen LogP contribution in [0.3, 0.4) is 0 Å². The summed E-state index contributed by atoms with van der Waals surface area (Å²) >= 11 is 0. The van der Waals surface area contributed by atoms with E-state index in [2.05, 4.69) is 5.32 Å². The molecular formula is C30H42N2O10. The number of ketones is 2. The van der Waals surface area contributed by atoms with Crippen molar-refractivity contribution >= 4 is 23.6 Å². The van der Waals surface area contributed by atoms with E-state index in [1.54, 1.807) is 6.08 Å². The van der Waals surface area contributed by atoms with Crippen LogP contribution in [0.4, 0.5) is 4.79 Å². The molecule has 12 heteroatoms. The molecule has 0 aromatic carbocycles. The summed E-state index contributed by atoms with van der Waals surface area (Å²) in [6, 6.07) is 0. The van der Waals surface area contributed by atoms with Crippen LogP contribution < -0.4 is 11.1 Å². The number of fused-ring (bicyclic) bond motifs is 2. The van der Waals surface area contributed by atoms with Gasteiger partial charge in [0.25, 0.3) is 5.91 Å². The quantitative estimate of drug-likeness (QED) is 0.305. The molecule has 2 amide bonds. The maximum Gasteiger partial charge on any atom is 0.405 e. The first-order valence-electron chi connectivity index (χ1n) is 13.5. The summed E-state index contributed by atoms with van der Waals surface area (Å²) < 4.78 is 28.2. The van der Waals surface area contributed by atoms with Crippen molar-refractivity contribution in [3.8, 4) is 0 Å². The minimum absolute atomic E-state index is 0.112. The van der Waals surface area contributed by atoms with Gasteiger partial charge in [-0.2, -0.15) is 0 Å². The molecule has 0 radical (unpaired) electrons. The summed E-state index contributed by atoms with van der Waals surface area (Å²) in [6.45, 7) is 4.73. The number of nitrogens with two attached hydrogens (primary N) is 1. The van der Waals surface area contributed by atoms with Gasteiger partial charge in [0.05, 0.1) is 30.6 Å². The van der Waals surface area contributed by atoms with Crippen LogP contribution in [0.15, 0.2) is 58.9 Å². The van der Waals surface area contributed by atoms with E-state index in [4.69, 9.17) is 29.4 Å². The molecule has 12 nitrogen and oxygen atoms in total. The van der Waals surface area contributed by atoms with E-state index in [-0.39, 0.29) is 28.7 Å². The molecule has 42 heavy (non-hydrogen) atoms. The lowest BCUT2D eigenvalue weighted by Gasteiger charge is -2.34. The largest absolute Gasteiger partial charge is 0.439 e. The molecular weight excluding hydrogens is 548 g/mol. The van der Waals surface area contributed by atoms with Gasteiger partial charge in [0.15, 0.2) is 11.9 Å². The minimum Gasteiger partial charge on any atom is -0.439 e. The maximum absolute atomic E-state index is 13.4. The number of aliphatic hydroxyl groups is 1. The van der Waals surface area contributed by atoms with Crippen molar-refractivity contribution < 1.29 is 48.0 Å². The number of hydrogen-bond acceptors (Lipinski definition) is 10. The number of amides is 2. The summed E-state index contributed by atoms with van der Waals surface area (Å²) in [5.74, 6) is -2.33. The van der Waals surface area contributed by atoms with Gasteiger partial charge in [-0.1, -0.05) is 38.2 Å². The first-order chi connectivity index (χ1) is 19.9. The zero-order chi connectivity index (χ0) is 31.6. The highest BCUT2D eigenvalue weighted by Gasteiger charge is 2.36. The van der Waals surface area contributed by atoms with E-state index >= 15 is 0 Å². The number of allylic oxidation sites excluding steroid dienone is 5. The Kier molecular flexibility index (Phi) is 13.5. The van der Waals surface area contributed by atoms with E-state index in [1.807, 2.05) is 13.8 Å². The number of hydrogen-bond donors (Lipinski definition) is 3. The van der Waals surface area contributed by atoms with Crippen molar-refractivity contribution in [2.45, 2.75) is 57.7 Å². The molecule has 1 aliphatic heterocycles. The Labute approximate surface area is 246 Å². The van der Waals surface area contributed by atoms with Crippen LogP contribution in [-0.2, 0) is 38.1 Å². The molecule has 2 aliphatic rings. The number of carbonyl (C=O) groups is 4. The summed E-state index contributed by atoms with van der Waals surface area (Å²) in [5.41, 5.74) is 5.81. The van der Waals surface area contributed by atoms with Crippen molar-refractivity contribution in [3.05, 3.63) is 58.9 Å². The number of carbonyl (C=O) groups excluding carboxylic acids is 4. The fourth-order valence-corrected chi connectivity index (χ4v) is 5.21. The monoisotopic (exact) mass is 590 g/mol. The molecule has 2 bridgehead atoms.